The Morgan fingerprint density at radius 2 is 1.72 bits per heavy atom. The molecule has 0 saturated carbocycles. The molecule has 0 spiro atoms. The molecule has 2 unspecified atom stereocenters. The summed E-state index contributed by atoms with van der Waals surface area (Å²) < 4.78 is 80.6. The molecule has 1 aromatic carbocycles. The van der Waals surface area contributed by atoms with Gasteiger partial charge in [-0.3, -0.25) is 9.59 Å². The number of carboxylic acids is 1. The van der Waals surface area contributed by atoms with E-state index in [9.17, 15) is 35.9 Å². The molecule has 1 aliphatic heterocycles. The molecule has 1 amide bonds. The quantitative estimate of drug-likeness (QED) is 0.499. The highest BCUT2D eigenvalue weighted by atomic mass is 19.4. The minimum atomic E-state index is -4.71. The molecule has 2 heterocycles. The van der Waals surface area contributed by atoms with Crippen molar-refractivity contribution in [2.45, 2.75) is 44.1 Å². The Balaban J connectivity index is 1.76. The van der Waals surface area contributed by atoms with Crippen molar-refractivity contribution in [3.05, 3.63) is 46.8 Å². The number of hydrogen-bond acceptors (Lipinski definition) is 5. The smallest absolute Gasteiger partial charge is 0.451 e. The van der Waals surface area contributed by atoms with E-state index in [-0.39, 0.29) is 31.5 Å². The van der Waals surface area contributed by atoms with Crippen molar-refractivity contribution in [1.29, 1.82) is 0 Å². The van der Waals surface area contributed by atoms with Crippen molar-refractivity contribution in [3.63, 3.8) is 0 Å². The van der Waals surface area contributed by atoms with Crippen molar-refractivity contribution in [2.24, 2.45) is 5.73 Å². The number of aromatic nitrogens is 3. The van der Waals surface area contributed by atoms with E-state index in [1.165, 1.54) is 0 Å². The number of carbonyl (C=O) groups excluding carboxylic acids is 1. The first kappa shape index (κ1) is 23.5. The Morgan fingerprint density at radius 1 is 1.06 bits per heavy atom. The lowest BCUT2D eigenvalue weighted by atomic mass is 9.86. The van der Waals surface area contributed by atoms with Crippen LogP contribution >= 0.6 is 0 Å². The van der Waals surface area contributed by atoms with Gasteiger partial charge in [-0.05, 0) is 11.6 Å². The average Bonchev–Trinajstić information content (AvgIpc) is 3.12. The summed E-state index contributed by atoms with van der Waals surface area (Å²) in [6, 6.07) is -0.558. The average molecular weight is 465 g/mol. The fraction of sp³-hybridized carbons (Fsp3) is 0.444. The second-order valence-electron chi connectivity index (χ2n) is 7.26. The fourth-order valence-electron chi connectivity index (χ4n) is 3.56. The van der Waals surface area contributed by atoms with Crippen LogP contribution in [0.1, 0.15) is 36.0 Å². The van der Waals surface area contributed by atoms with Crippen LogP contribution in [0.4, 0.5) is 26.3 Å². The van der Waals surface area contributed by atoms with Crippen molar-refractivity contribution in [2.75, 3.05) is 6.54 Å². The van der Waals surface area contributed by atoms with Gasteiger partial charge in [-0.2, -0.15) is 13.2 Å². The van der Waals surface area contributed by atoms with E-state index in [1.54, 1.807) is 0 Å². The Morgan fingerprint density at radius 3 is 2.34 bits per heavy atom. The third-order valence-electron chi connectivity index (χ3n) is 5.12. The molecular weight excluding hydrogens is 448 g/mol. The summed E-state index contributed by atoms with van der Waals surface area (Å²) in [6.07, 6.45) is -5.99. The van der Waals surface area contributed by atoms with Gasteiger partial charge in [0, 0.05) is 37.5 Å². The van der Waals surface area contributed by atoms with Gasteiger partial charge in [0.2, 0.25) is 11.7 Å². The largest absolute Gasteiger partial charge is 0.481 e. The van der Waals surface area contributed by atoms with Crippen LogP contribution in [0.15, 0.2) is 12.1 Å². The van der Waals surface area contributed by atoms with E-state index in [4.69, 9.17) is 10.8 Å². The molecule has 3 N–H and O–H groups in total. The zero-order valence-corrected chi connectivity index (χ0v) is 16.2. The summed E-state index contributed by atoms with van der Waals surface area (Å²) >= 11 is 0. The van der Waals surface area contributed by atoms with Crippen molar-refractivity contribution < 1.29 is 41.0 Å². The van der Waals surface area contributed by atoms with Crippen molar-refractivity contribution >= 4 is 11.9 Å². The molecule has 0 saturated heterocycles. The topological polar surface area (TPSA) is 114 Å². The molecule has 0 bridgehead atoms. The summed E-state index contributed by atoms with van der Waals surface area (Å²) in [4.78, 5) is 25.0. The molecule has 2 aromatic rings. The maximum Gasteiger partial charge on any atom is 0.451 e. The van der Waals surface area contributed by atoms with Crippen LogP contribution in [0.3, 0.4) is 0 Å². The second kappa shape index (κ2) is 8.76. The van der Waals surface area contributed by atoms with E-state index in [0.717, 1.165) is 9.47 Å². The third kappa shape index (κ3) is 4.84. The van der Waals surface area contributed by atoms with Gasteiger partial charge in [0.05, 0.1) is 13.0 Å². The van der Waals surface area contributed by atoms with Gasteiger partial charge in [0.25, 0.3) is 0 Å². The molecular formula is C18H17F6N5O3. The summed E-state index contributed by atoms with van der Waals surface area (Å²) in [6.45, 7) is -0.644. The molecule has 0 aliphatic carbocycles. The fourth-order valence-corrected chi connectivity index (χ4v) is 3.56. The maximum absolute atomic E-state index is 14.2. The lowest BCUT2D eigenvalue weighted by Gasteiger charge is -2.30. The predicted octanol–water partition coefficient (Wildman–Crippen LogP) is 2.03. The van der Waals surface area contributed by atoms with Crippen LogP contribution in [0, 0.1) is 17.5 Å². The van der Waals surface area contributed by atoms with E-state index in [1.807, 2.05) is 0 Å². The van der Waals surface area contributed by atoms with Gasteiger partial charge in [0.1, 0.15) is 5.82 Å². The number of amides is 1. The first-order valence-electron chi connectivity index (χ1n) is 9.27. The van der Waals surface area contributed by atoms with E-state index in [0.29, 0.717) is 6.07 Å². The van der Waals surface area contributed by atoms with Gasteiger partial charge in [-0.15, -0.1) is 10.2 Å². The summed E-state index contributed by atoms with van der Waals surface area (Å²) in [5.74, 6) is -8.82. The van der Waals surface area contributed by atoms with E-state index < -0.39 is 71.7 Å². The van der Waals surface area contributed by atoms with Crippen LogP contribution in [0.2, 0.25) is 0 Å². The normalized spacial score (nSPS) is 15.9. The zero-order valence-electron chi connectivity index (χ0n) is 16.2. The van der Waals surface area contributed by atoms with Gasteiger partial charge in [-0.25, -0.2) is 13.2 Å². The summed E-state index contributed by atoms with van der Waals surface area (Å²) in [7, 11) is 0. The zero-order chi connectivity index (χ0) is 23.8. The number of nitrogens with zero attached hydrogens (tertiary/aromatic N) is 4. The van der Waals surface area contributed by atoms with Crippen LogP contribution in [-0.4, -0.2) is 49.2 Å². The Bertz CT molecular complexity index is 1040. The first-order valence-corrected chi connectivity index (χ1v) is 9.27. The number of halogens is 6. The molecule has 32 heavy (non-hydrogen) atoms. The van der Waals surface area contributed by atoms with Gasteiger partial charge in [0.15, 0.2) is 17.5 Å². The Kier molecular flexibility index (Phi) is 6.44. The highest BCUT2D eigenvalue weighted by molar-refractivity contribution is 5.77. The maximum atomic E-state index is 14.2. The third-order valence-corrected chi connectivity index (χ3v) is 5.12. The van der Waals surface area contributed by atoms with E-state index >= 15 is 0 Å². The van der Waals surface area contributed by atoms with Crippen LogP contribution in [0.25, 0.3) is 0 Å². The Labute approximate surface area is 176 Å². The monoisotopic (exact) mass is 465 g/mol. The van der Waals surface area contributed by atoms with E-state index in [2.05, 4.69) is 10.2 Å². The predicted molar refractivity (Wildman–Crippen MR) is 94.3 cm³/mol. The van der Waals surface area contributed by atoms with Crippen molar-refractivity contribution in [1.82, 2.24) is 19.7 Å². The summed E-state index contributed by atoms with van der Waals surface area (Å²) in [5.41, 5.74) is 5.44. The SMILES string of the molecule is NC(CC(=O)N1CCn2c(nnc2C(F)(F)F)C1)C(CC(=O)O)c1cc(F)c(F)cc1F. The number of alkyl halides is 3. The van der Waals surface area contributed by atoms with Crippen LogP contribution < -0.4 is 5.73 Å². The number of nitrogens with two attached hydrogens (primary N) is 1. The number of fused-ring (bicyclic) bond motifs is 1. The minimum absolute atomic E-state index is 0.0979. The van der Waals surface area contributed by atoms with Gasteiger partial charge in [-0.1, -0.05) is 0 Å². The number of hydrogen-bond donors (Lipinski definition) is 2. The number of carbonyl (C=O) groups is 2. The molecule has 174 valence electrons. The first-order chi connectivity index (χ1) is 14.9. The molecule has 8 nitrogen and oxygen atoms in total. The molecule has 0 fully saturated rings. The standard InChI is InChI=1S/C18H17F6N5O3/c19-10-5-12(21)11(20)3-8(10)9(4-16(31)32)13(25)6-15(30)28-1-2-29-14(7-28)26-27-17(29)18(22,23)24/h3,5,9,13H,1-2,4,6-7,25H2,(H,31,32). The van der Waals surface area contributed by atoms with Crippen molar-refractivity contribution in [3.8, 4) is 0 Å². The number of rotatable bonds is 6. The molecule has 14 heteroatoms. The lowest BCUT2D eigenvalue weighted by molar-refractivity contribution is -0.148. The molecule has 1 aromatic heterocycles. The molecule has 1 aliphatic rings. The number of benzene rings is 1. The number of carboxylic acid groups (broad SMARTS) is 1. The molecule has 3 rings (SSSR count). The highest BCUT2D eigenvalue weighted by Crippen LogP contribution is 2.31. The molecule has 2 atom stereocenters. The minimum Gasteiger partial charge on any atom is -0.481 e. The van der Waals surface area contributed by atoms with Crippen LogP contribution in [-0.2, 0) is 28.9 Å². The van der Waals surface area contributed by atoms with Gasteiger partial charge >= 0.3 is 12.1 Å². The van der Waals surface area contributed by atoms with Crippen LogP contribution in [0.5, 0.6) is 0 Å². The number of aliphatic carboxylic acids is 1. The Hall–Kier alpha value is -3.16. The highest BCUT2D eigenvalue weighted by Gasteiger charge is 2.40. The molecule has 0 radical (unpaired) electrons. The summed E-state index contributed by atoms with van der Waals surface area (Å²) in [5, 5.41) is 15.7. The van der Waals surface area contributed by atoms with Gasteiger partial charge < -0.3 is 20.3 Å². The second-order valence-corrected chi connectivity index (χ2v) is 7.26. The lowest BCUT2D eigenvalue weighted by Crippen LogP contribution is -2.43.